The van der Waals surface area contributed by atoms with E-state index in [0.29, 0.717) is 5.41 Å². The summed E-state index contributed by atoms with van der Waals surface area (Å²) < 4.78 is 35.4. The Labute approximate surface area is 218 Å². The quantitative estimate of drug-likeness (QED) is 0.247. The average molecular weight is 527 g/mol. The van der Waals surface area contributed by atoms with Crippen LogP contribution in [0.25, 0.3) is 0 Å². The molecule has 0 aliphatic carbocycles. The van der Waals surface area contributed by atoms with E-state index in [1.807, 2.05) is 62.3 Å². The van der Waals surface area contributed by atoms with Crippen LogP contribution in [-0.2, 0) is 33.4 Å². The van der Waals surface area contributed by atoms with E-state index in [4.69, 9.17) is 0 Å². The lowest BCUT2D eigenvalue weighted by molar-refractivity contribution is -0.151. The molecule has 0 unspecified atom stereocenters. The van der Waals surface area contributed by atoms with Gasteiger partial charge in [0.05, 0.1) is 37.9 Å². The summed E-state index contributed by atoms with van der Waals surface area (Å²) in [5.74, 6) is -0.178. The molecule has 0 heterocycles. The lowest BCUT2D eigenvalue weighted by atomic mass is 9.91. The van der Waals surface area contributed by atoms with E-state index in [9.17, 15) is 18.0 Å². The molecule has 0 rings (SSSR count). The van der Waals surface area contributed by atoms with Crippen molar-refractivity contribution in [2.75, 3.05) is 27.1 Å². The van der Waals surface area contributed by atoms with Gasteiger partial charge in [0.2, 0.25) is 0 Å². The third kappa shape index (κ3) is 24.3. The maximum Gasteiger partial charge on any atom is 0.311 e. The fourth-order valence-corrected chi connectivity index (χ4v) is 2.76. The normalized spacial score (nSPS) is 12.0. The predicted octanol–water partition coefficient (Wildman–Crippen LogP) is 7.03. The third-order valence-electron chi connectivity index (χ3n) is 6.08. The molecule has 0 aromatic rings. The molecular formula is C27H58O7S. The Morgan fingerprint density at radius 1 is 0.600 bits per heavy atom. The molecule has 0 radical (unpaired) electrons. The summed E-state index contributed by atoms with van der Waals surface area (Å²) in [6.07, 6.45) is 3.74. The van der Waals surface area contributed by atoms with Crippen LogP contribution in [0.2, 0.25) is 0 Å². The number of ether oxygens (including phenoxy) is 2. The van der Waals surface area contributed by atoms with E-state index in [2.05, 4.69) is 41.4 Å². The minimum absolute atomic E-state index is 0.0903. The summed E-state index contributed by atoms with van der Waals surface area (Å²) in [6, 6.07) is 0. The fourth-order valence-electron chi connectivity index (χ4n) is 1.48. The summed E-state index contributed by atoms with van der Waals surface area (Å²) in [5.41, 5.74) is -0.266. The molecular weight excluding hydrogens is 468 g/mol. The van der Waals surface area contributed by atoms with Crippen molar-refractivity contribution in [3.63, 3.8) is 0 Å². The van der Waals surface area contributed by atoms with Crippen LogP contribution in [0.3, 0.4) is 0 Å². The van der Waals surface area contributed by atoms with E-state index >= 15 is 0 Å². The largest absolute Gasteiger partial charge is 0.469 e. The van der Waals surface area contributed by atoms with Crippen LogP contribution >= 0.6 is 0 Å². The lowest BCUT2D eigenvalue weighted by Gasteiger charge is -2.20. The third-order valence-corrected chi connectivity index (χ3v) is 7.73. The van der Waals surface area contributed by atoms with Gasteiger partial charge in [0.15, 0.2) is 0 Å². The van der Waals surface area contributed by atoms with Gasteiger partial charge in [0, 0.05) is 0 Å². The zero-order valence-electron chi connectivity index (χ0n) is 25.8. The zero-order valence-corrected chi connectivity index (χ0v) is 26.6. The topological polar surface area (TPSA) is 96.0 Å². The Kier molecular flexibility index (Phi) is 21.3. The number of hydrogen-bond acceptors (Lipinski definition) is 7. The SMILES string of the molecule is CCC(C)(C)C.CCC(C)(C)C(=O)OC.CCC(C)(C)C(=O)OC.CCC(C)(C)CS(=O)(=O)OC. The molecule has 8 heteroatoms. The Morgan fingerprint density at radius 3 is 1.00 bits per heavy atom. The smallest absolute Gasteiger partial charge is 0.311 e. The molecule has 0 aromatic heterocycles. The standard InChI is InChI=1S/C7H16O3S.2C7H14O2.C6H14/c1-5-7(2,3)6-11(8,9)10-4;2*1-5-7(2,3)6(8)9-4;1-5-6(2,3)4/h5-6H2,1-4H3;2*5H2,1-4H3;5H2,1-4H3. The van der Waals surface area contributed by atoms with Crippen molar-refractivity contribution in [1.82, 2.24) is 0 Å². The van der Waals surface area contributed by atoms with Gasteiger partial charge < -0.3 is 9.47 Å². The average Bonchev–Trinajstić information content (AvgIpc) is 2.77. The molecule has 0 N–H and O–H groups in total. The van der Waals surface area contributed by atoms with Crippen LogP contribution in [0.1, 0.15) is 116 Å². The molecule has 35 heavy (non-hydrogen) atoms. The second kappa shape index (κ2) is 18.1. The van der Waals surface area contributed by atoms with Gasteiger partial charge in [0.25, 0.3) is 10.1 Å². The van der Waals surface area contributed by atoms with Crippen molar-refractivity contribution in [1.29, 1.82) is 0 Å². The van der Waals surface area contributed by atoms with Gasteiger partial charge in [-0.3, -0.25) is 13.8 Å². The highest BCUT2D eigenvalue weighted by atomic mass is 32.2. The minimum atomic E-state index is -3.29. The first kappa shape index (κ1) is 41.0. The van der Waals surface area contributed by atoms with E-state index in [1.54, 1.807) is 0 Å². The van der Waals surface area contributed by atoms with Gasteiger partial charge in [-0.25, -0.2) is 0 Å². The highest BCUT2D eigenvalue weighted by Crippen LogP contribution is 2.22. The maximum atomic E-state index is 11.0. The summed E-state index contributed by atoms with van der Waals surface area (Å²) >= 11 is 0. The van der Waals surface area contributed by atoms with Crippen molar-refractivity contribution in [3.05, 3.63) is 0 Å². The molecule has 0 saturated carbocycles. The van der Waals surface area contributed by atoms with Crippen molar-refractivity contribution < 1.29 is 31.7 Å². The molecule has 0 amide bonds. The van der Waals surface area contributed by atoms with Crippen molar-refractivity contribution >= 4 is 22.1 Å². The molecule has 7 nitrogen and oxygen atoms in total. The highest BCUT2D eigenvalue weighted by molar-refractivity contribution is 7.86. The summed E-state index contributed by atoms with van der Waals surface area (Å²) in [6.45, 7) is 26.1. The molecule has 0 spiro atoms. The van der Waals surface area contributed by atoms with E-state index < -0.39 is 10.1 Å². The predicted molar refractivity (Wildman–Crippen MR) is 147 cm³/mol. The molecule has 0 bridgehead atoms. The second-order valence-electron chi connectivity index (χ2n) is 11.8. The van der Waals surface area contributed by atoms with Gasteiger partial charge in [-0.1, -0.05) is 68.7 Å². The first-order valence-electron chi connectivity index (χ1n) is 12.4. The molecule has 0 atom stereocenters. The Morgan fingerprint density at radius 2 is 0.886 bits per heavy atom. The minimum Gasteiger partial charge on any atom is -0.469 e. The van der Waals surface area contributed by atoms with Gasteiger partial charge in [0.1, 0.15) is 0 Å². The summed E-state index contributed by atoms with van der Waals surface area (Å²) in [7, 11) is 0.739. The molecule has 0 saturated heterocycles. The first-order chi connectivity index (χ1) is 15.5. The van der Waals surface area contributed by atoms with Crippen molar-refractivity contribution in [2.24, 2.45) is 21.7 Å². The number of methoxy groups -OCH3 is 2. The molecule has 0 aliphatic rings. The first-order valence-corrected chi connectivity index (χ1v) is 14.0. The fraction of sp³-hybridized carbons (Fsp3) is 0.926. The number of hydrogen-bond donors (Lipinski definition) is 0. The van der Waals surface area contributed by atoms with Crippen LogP contribution < -0.4 is 0 Å². The Hall–Kier alpha value is -1.15. The highest BCUT2D eigenvalue weighted by Gasteiger charge is 2.26. The molecule has 0 fully saturated rings. The Balaban J connectivity index is -0.000000187. The maximum absolute atomic E-state index is 11.0. The number of carbonyl (C=O) groups is 2. The Bertz CT molecular complexity index is 642. The second-order valence-corrected chi connectivity index (χ2v) is 13.5. The number of rotatable bonds is 8. The number of carbonyl (C=O) groups excluding carboxylic acids is 2. The summed E-state index contributed by atoms with van der Waals surface area (Å²) in [4.78, 5) is 21.7. The lowest BCUT2D eigenvalue weighted by Crippen LogP contribution is -2.24. The van der Waals surface area contributed by atoms with Crippen LogP contribution in [0, 0.1) is 21.7 Å². The molecule has 0 aliphatic heterocycles. The van der Waals surface area contributed by atoms with Crippen molar-refractivity contribution in [3.8, 4) is 0 Å². The van der Waals surface area contributed by atoms with Crippen LogP contribution in [-0.4, -0.2) is 47.4 Å². The van der Waals surface area contributed by atoms with Gasteiger partial charge in [-0.2, -0.15) is 8.42 Å². The van der Waals surface area contributed by atoms with Gasteiger partial charge in [-0.05, 0) is 57.8 Å². The zero-order chi connectivity index (χ0) is 29.3. The van der Waals surface area contributed by atoms with Gasteiger partial charge >= 0.3 is 11.9 Å². The van der Waals surface area contributed by atoms with Crippen LogP contribution in [0.15, 0.2) is 0 Å². The van der Waals surface area contributed by atoms with Gasteiger partial charge in [-0.15, -0.1) is 0 Å². The van der Waals surface area contributed by atoms with Crippen molar-refractivity contribution in [2.45, 2.75) is 116 Å². The van der Waals surface area contributed by atoms with E-state index in [1.165, 1.54) is 27.8 Å². The van der Waals surface area contributed by atoms with Crippen LogP contribution in [0.5, 0.6) is 0 Å². The number of esters is 2. The molecule has 214 valence electrons. The molecule has 0 aromatic carbocycles. The monoisotopic (exact) mass is 526 g/mol. The summed E-state index contributed by atoms with van der Waals surface area (Å²) in [5, 5.41) is 0. The van der Waals surface area contributed by atoms with E-state index in [-0.39, 0.29) is 33.9 Å². The van der Waals surface area contributed by atoms with E-state index in [0.717, 1.165) is 19.3 Å². The van der Waals surface area contributed by atoms with Crippen LogP contribution in [0.4, 0.5) is 0 Å².